The van der Waals surface area contributed by atoms with Crippen LogP contribution in [0.3, 0.4) is 0 Å². The fourth-order valence-electron chi connectivity index (χ4n) is 3.71. The van der Waals surface area contributed by atoms with Gasteiger partial charge in [0.15, 0.2) is 11.3 Å². The van der Waals surface area contributed by atoms with Crippen LogP contribution in [-0.4, -0.2) is 62.4 Å². The van der Waals surface area contributed by atoms with E-state index in [2.05, 4.69) is 5.10 Å². The van der Waals surface area contributed by atoms with Crippen LogP contribution >= 0.6 is 11.6 Å². The molecule has 14 heteroatoms. The van der Waals surface area contributed by atoms with Crippen molar-refractivity contribution in [3.8, 4) is 0 Å². The normalized spacial score (nSPS) is 15.4. The summed E-state index contributed by atoms with van der Waals surface area (Å²) in [6.07, 6.45) is 1.40. The highest BCUT2D eigenvalue weighted by atomic mass is 35.5. The van der Waals surface area contributed by atoms with Crippen LogP contribution in [0.4, 0.5) is 5.69 Å². The molecule has 34 heavy (non-hydrogen) atoms. The van der Waals surface area contributed by atoms with Crippen LogP contribution in [0.5, 0.6) is 0 Å². The van der Waals surface area contributed by atoms with Crippen molar-refractivity contribution in [3.63, 3.8) is 0 Å². The Morgan fingerprint density at radius 2 is 1.76 bits per heavy atom. The number of hydrogen-bond donors (Lipinski definition) is 8. The zero-order chi connectivity index (χ0) is 26.3. The number of aliphatic carboxylic acids is 3. The van der Waals surface area contributed by atoms with Gasteiger partial charge in [-0.1, -0.05) is 36.0 Å². The van der Waals surface area contributed by atoms with Gasteiger partial charge in [0.05, 0.1) is 6.42 Å². The molecule has 0 aliphatic heterocycles. The Hall–Kier alpha value is -3.42. The van der Waals surface area contributed by atoms with Gasteiger partial charge in [0.25, 0.3) is 0 Å². The zero-order valence-corrected chi connectivity index (χ0v) is 19.3. The van der Waals surface area contributed by atoms with E-state index < -0.39 is 57.9 Å². The van der Waals surface area contributed by atoms with Crippen molar-refractivity contribution in [1.29, 1.82) is 5.41 Å². The van der Waals surface area contributed by atoms with E-state index >= 15 is 0 Å². The van der Waals surface area contributed by atoms with Crippen molar-refractivity contribution in [2.75, 3.05) is 6.54 Å². The number of hydrogen-bond acceptors (Lipinski definition) is 6. The fourth-order valence-corrected chi connectivity index (χ4v) is 3.89. The summed E-state index contributed by atoms with van der Waals surface area (Å²) in [6, 6.07) is 3.63. The van der Waals surface area contributed by atoms with Gasteiger partial charge in [-0.15, -0.1) is 0 Å². The number of unbranched alkanes of at least 4 members (excludes halogenated alkanes) is 3. The Labute approximate surface area is 200 Å². The van der Waals surface area contributed by atoms with E-state index in [0.29, 0.717) is 12.8 Å². The number of nitrogens with two attached hydrogens (primary N) is 3. The SMILES string of the molecule is CCCCCC[N+](N=C(N)N)(C(=N)N)c1ccc(Cl)cc1C(C(=O)O)C(O)(CC(=O)O)C(=O)O. The predicted molar refractivity (Wildman–Crippen MR) is 125 cm³/mol. The van der Waals surface area contributed by atoms with Crippen LogP contribution in [-0.2, 0) is 14.4 Å². The first-order valence-corrected chi connectivity index (χ1v) is 10.6. The standard InChI is InChI=1S/C20H29ClN6O7/c1-2-3-4-5-8-27(19(24)25,26-18(22)23)13-7-6-11(21)9-12(13)15(16(30)31)20(34,17(32)33)10-14(28)29/h6-7,9,15,34H,2-5,8,10H2,1H3,(H9-,22,23,24,25,26,28,29,30,31,32,33)/p+1. The molecule has 0 aromatic heterocycles. The molecule has 0 amide bonds. The number of halogens is 1. The number of carboxylic acid groups (broad SMARTS) is 3. The lowest BCUT2D eigenvalue weighted by atomic mass is 9.78. The van der Waals surface area contributed by atoms with E-state index in [0.717, 1.165) is 18.9 Å². The van der Waals surface area contributed by atoms with Crippen molar-refractivity contribution < 1.29 is 34.8 Å². The summed E-state index contributed by atoms with van der Waals surface area (Å²) in [7, 11) is 0. The predicted octanol–water partition coefficient (Wildman–Crippen LogP) is 0.768. The third kappa shape index (κ3) is 6.34. The van der Waals surface area contributed by atoms with Crippen molar-refractivity contribution in [2.24, 2.45) is 22.3 Å². The summed E-state index contributed by atoms with van der Waals surface area (Å²) in [5.41, 5.74) is 13.2. The largest absolute Gasteiger partial charge is 0.481 e. The number of benzene rings is 1. The number of guanidine groups is 2. The first-order valence-electron chi connectivity index (χ1n) is 10.3. The van der Waals surface area contributed by atoms with Crippen molar-refractivity contribution in [1.82, 2.24) is 4.59 Å². The topological polar surface area (TPSA) is 246 Å². The van der Waals surface area contributed by atoms with Crippen LogP contribution < -0.4 is 21.8 Å². The highest BCUT2D eigenvalue weighted by Crippen LogP contribution is 2.42. The smallest absolute Gasteiger partial charge is 0.337 e. The van der Waals surface area contributed by atoms with Crippen molar-refractivity contribution in [3.05, 3.63) is 28.8 Å². The molecular formula is C20H30ClN6O7+. The zero-order valence-electron chi connectivity index (χ0n) is 18.6. The molecular weight excluding hydrogens is 472 g/mol. The molecule has 0 aliphatic carbocycles. The van der Waals surface area contributed by atoms with Crippen molar-refractivity contribution >= 4 is 47.1 Å². The average Bonchev–Trinajstić information content (AvgIpc) is 2.69. The first kappa shape index (κ1) is 28.6. The van der Waals surface area contributed by atoms with E-state index in [-0.39, 0.29) is 17.3 Å². The second kappa shape index (κ2) is 11.6. The molecule has 0 spiro atoms. The Balaban J connectivity index is 4.01. The second-order valence-electron chi connectivity index (χ2n) is 7.74. The quantitative estimate of drug-likeness (QED) is 0.0619. The van der Waals surface area contributed by atoms with Gasteiger partial charge in [-0.3, -0.25) is 9.59 Å². The molecule has 0 radical (unpaired) electrons. The number of aliphatic hydroxyl groups is 1. The van der Waals surface area contributed by atoms with Gasteiger partial charge in [-0.05, 0) is 30.1 Å². The lowest BCUT2D eigenvalue weighted by molar-refractivity contribution is -0.173. The minimum atomic E-state index is -3.29. The van der Waals surface area contributed by atoms with E-state index in [9.17, 15) is 34.8 Å². The average molecular weight is 502 g/mol. The lowest BCUT2D eigenvalue weighted by Crippen LogP contribution is -2.57. The molecule has 3 unspecified atom stereocenters. The summed E-state index contributed by atoms with van der Waals surface area (Å²) in [4.78, 5) is 35.5. The number of carboxylic acids is 3. The minimum absolute atomic E-state index is 0.0152. The minimum Gasteiger partial charge on any atom is -0.481 e. The molecule has 13 nitrogen and oxygen atoms in total. The van der Waals surface area contributed by atoms with Gasteiger partial charge < -0.3 is 37.6 Å². The van der Waals surface area contributed by atoms with E-state index in [1.807, 2.05) is 6.92 Å². The van der Waals surface area contributed by atoms with Gasteiger partial charge in [-0.2, -0.15) is 0 Å². The number of quaternary nitrogens is 1. The maximum absolute atomic E-state index is 12.3. The molecule has 3 atom stereocenters. The maximum Gasteiger partial charge on any atom is 0.337 e. The monoisotopic (exact) mass is 501 g/mol. The molecule has 0 saturated heterocycles. The third-order valence-corrected chi connectivity index (χ3v) is 5.47. The summed E-state index contributed by atoms with van der Waals surface area (Å²) in [5, 5.41) is 51.8. The third-order valence-electron chi connectivity index (χ3n) is 5.23. The van der Waals surface area contributed by atoms with Crippen molar-refractivity contribution in [2.45, 2.75) is 50.5 Å². The van der Waals surface area contributed by atoms with Crippen LogP contribution in [0.15, 0.2) is 23.3 Å². The Morgan fingerprint density at radius 1 is 1.15 bits per heavy atom. The van der Waals surface area contributed by atoms with Gasteiger partial charge in [0.2, 0.25) is 5.96 Å². The summed E-state index contributed by atoms with van der Waals surface area (Å²) >= 11 is 6.07. The second-order valence-corrected chi connectivity index (χ2v) is 8.17. The summed E-state index contributed by atoms with van der Waals surface area (Å²) in [5.74, 6) is -9.16. The molecule has 1 rings (SSSR count). The maximum atomic E-state index is 12.3. The Morgan fingerprint density at radius 3 is 2.21 bits per heavy atom. The molecule has 0 aliphatic rings. The number of nitrogens with zero attached hydrogens (tertiary/aromatic N) is 2. The van der Waals surface area contributed by atoms with Crippen LogP contribution in [0, 0.1) is 5.41 Å². The first-order chi connectivity index (χ1) is 15.7. The van der Waals surface area contributed by atoms with Gasteiger partial charge in [0.1, 0.15) is 12.5 Å². The number of carbonyl (C=O) groups is 3. The van der Waals surface area contributed by atoms with Crippen LogP contribution in [0.25, 0.3) is 0 Å². The highest BCUT2D eigenvalue weighted by Gasteiger charge is 2.54. The molecule has 0 saturated carbocycles. The van der Waals surface area contributed by atoms with Gasteiger partial charge in [0, 0.05) is 16.7 Å². The molecule has 0 heterocycles. The van der Waals surface area contributed by atoms with Gasteiger partial charge in [-0.25, -0.2) is 10.2 Å². The Bertz CT molecular complexity index is 984. The molecule has 0 bridgehead atoms. The summed E-state index contributed by atoms with van der Waals surface area (Å²) < 4.78 is -0.939. The van der Waals surface area contributed by atoms with E-state index in [4.69, 9.17) is 34.2 Å². The molecule has 11 N–H and O–H groups in total. The van der Waals surface area contributed by atoms with E-state index in [1.54, 1.807) is 0 Å². The molecule has 1 aromatic rings. The summed E-state index contributed by atoms with van der Waals surface area (Å²) in [6.45, 7) is 1.96. The molecule has 1 aromatic carbocycles. The van der Waals surface area contributed by atoms with E-state index in [1.165, 1.54) is 12.1 Å². The fraction of sp³-hybridized carbons (Fsp3) is 0.450. The lowest BCUT2D eigenvalue weighted by Gasteiger charge is -2.34. The highest BCUT2D eigenvalue weighted by molar-refractivity contribution is 6.30. The number of rotatable bonds is 13. The van der Waals surface area contributed by atoms with Crippen LogP contribution in [0.2, 0.25) is 5.02 Å². The molecule has 188 valence electrons. The number of nitrogens with one attached hydrogen (secondary N) is 1. The molecule has 0 fully saturated rings. The van der Waals surface area contributed by atoms with Gasteiger partial charge >= 0.3 is 23.9 Å². The Kier molecular flexibility index (Phi) is 9.79. The van der Waals surface area contributed by atoms with Crippen LogP contribution in [0.1, 0.15) is 50.5 Å².